The number of fused-ring (bicyclic) bond motifs is 2. The van der Waals surface area contributed by atoms with Crippen molar-refractivity contribution in [3.8, 4) is 0 Å². The maximum Gasteiger partial charge on any atom is 0.320 e. The van der Waals surface area contributed by atoms with Gasteiger partial charge in [0.2, 0.25) is 0 Å². The molecule has 12 nitrogen and oxygen atoms in total. The van der Waals surface area contributed by atoms with Crippen LogP contribution in [0.25, 0.3) is 0 Å². The second-order valence-electron chi connectivity index (χ2n) is 25.0. The number of hydrogen-bond donors (Lipinski definition) is 2. The Kier molecular flexibility index (Phi) is 17.5. The third-order valence-electron chi connectivity index (χ3n) is 19.6. The Balaban J connectivity index is 0.000000167. The first-order valence-electron chi connectivity index (χ1n) is 29.6. The van der Waals surface area contributed by atoms with Crippen molar-refractivity contribution in [3.63, 3.8) is 0 Å². The number of halogens is 2. The Hall–Kier alpha value is -4.10. The standard InChI is InChI=1S/C32H41FN2O4S.C30H39FN2O4S2/c33-27-6-3-5-25(18-27)29-21-35(30(32(36)37)17-22-8-9-22)20-26(29)19-34-14-12-23(13-15-34)16-28-11-10-24-4-1-2-7-31(24)40(28,38)39;31-25-3-1-2-23(16-25)27-19-33(28(29(34)35)15-20-4-5-20)18-24(27)17-32-11-8-21(9-12-32)14-26-7-6-22-10-13-38-30(22)39(26,36)37/h1-7,18,22-23,26,28-30H,8-17,19-21H2,(H,36,37);1-3,10,13,16,20-21,24,26-28H,4-9,11-12,14-15,17-19H2,(H,34,35)/t26-,28?,29+,30+;24-,26?,27+,28+/m00/s1. The molecule has 0 bridgehead atoms. The Bertz CT molecular complexity index is 3010. The number of aliphatic carboxylic acids is 2. The Morgan fingerprint density at radius 2 is 1.01 bits per heavy atom. The van der Waals surface area contributed by atoms with Crippen LogP contribution in [0.5, 0.6) is 0 Å². The summed E-state index contributed by atoms with van der Waals surface area (Å²) in [5.74, 6) is 0.551. The molecule has 8 aliphatic rings. The predicted molar refractivity (Wildman–Crippen MR) is 303 cm³/mol. The Labute approximate surface area is 470 Å². The van der Waals surface area contributed by atoms with E-state index in [1.54, 1.807) is 30.3 Å². The maximum absolute atomic E-state index is 14.2. The van der Waals surface area contributed by atoms with E-state index in [0.717, 1.165) is 145 Å². The Morgan fingerprint density at radius 3 is 1.48 bits per heavy atom. The first-order valence-corrected chi connectivity index (χ1v) is 33.5. The minimum atomic E-state index is -3.28. The zero-order chi connectivity index (χ0) is 55.0. The van der Waals surface area contributed by atoms with Crippen molar-refractivity contribution in [1.29, 1.82) is 0 Å². The molecule has 3 aromatic carbocycles. The molecule has 0 spiro atoms. The van der Waals surface area contributed by atoms with Crippen molar-refractivity contribution in [3.05, 3.63) is 118 Å². The van der Waals surface area contributed by atoms with E-state index >= 15 is 0 Å². The molecule has 6 fully saturated rings. The van der Waals surface area contributed by atoms with Gasteiger partial charge in [-0.2, -0.15) is 0 Å². The molecule has 8 atom stereocenters. The lowest BCUT2D eigenvalue weighted by molar-refractivity contribution is -0.144. The number of likely N-dealkylation sites (tertiary alicyclic amines) is 4. The van der Waals surface area contributed by atoms with Gasteiger partial charge in [-0.25, -0.2) is 25.6 Å². The molecule has 2 saturated carbocycles. The summed E-state index contributed by atoms with van der Waals surface area (Å²) in [7, 11) is -6.50. The molecule has 2 unspecified atom stereocenters. The smallest absolute Gasteiger partial charge is 0.320 e. The summed E-state index contributed by atoms with van der Waals surface area (Å²) in [6, 6.07) is 22.1. The van der Waals surface area contributed by atoms with E-state index in [1.165, 1.54) is 23.5 Å². The van der Waals surface area contributed by atoms with Crippen molar-refractivity contribution >= 4 is 42.9 Å². The van der Waals surface area contributed by atoms with Gasteiger partial charge in [0.25, 0.3) is 0 Å². The first-order chi connectivity index (χ1) is 38.0. The number of carboxylic acids is 2. The van der Waals surface area contributed by atoms with Crippen LogP contribution in [-0.4, -0.2) is 147 Å². The molecule has 1 aromatic heterocycles. The highest BCUT2D eigenvalue weighted by atomic mass is 32.2. The number of carboxylic acid groups (broad SMARTS) is 2. The quantitative estimate of drug-likeness (QED) is 0.0974. The molecule has 428 valence electrons. The Morgan fingerprint density at radius 1 is 0.544 bits per heavy atom. The van der Waals surface area contributed by atoms with Gasteiger partial charge in [0.05, 0.1) is 15.4 Å². The molecule has 6 aliphatic heterocycles. The lowest BCUT2D eigenvalue weighted by Gasteiger charge is -2.36. The number of rotatable bonds is 18. The number of piperidine rings is 2. The molecule has 2 aliphatic carbocycles. The number of hydrogen-bond acceptors (Lipinski definition) is 11. The number of benzene rings is 3. The van der Waals surface area contributed by atoms with Crippen LogP contribution in [0.3, 0.4) is 0 Å². The minimum Gasteiger partial charge on any atom is -0.480 e. The highest BCUT2D eigenvalue weighted by Gasteiger charge is 2.45. The summed E-state index contributed by atoms with van der Waals surface area (Å²) >= 11 is 1.37. The second-order valence-corrected chi connectivity index (χ2v) is 30.6. The van der Waals surface area contributed by atoms with Crippen LogP contribution in [0.1, 0.15) is 124 Å². The van der Waals surface area contributed by atoms with E-state index in [-0.39, 0.29) is 45.8 Å². The maximum atomic E-state index is 14.2. The van der Waals surface area contributed by atoms with Gasteiger partial charge in [0.15, 0.2) is 19.7 Å². The van der Waals surface area contributed by atoms with Crippen molar-refractivity contribution in [1.82, 2.24) is 19.6 Å². The number of sulfone groups is 2. The van der Waals surface area contributed by atoms with Gasteiger partial charge in [0, 0.05) is 51.1 Å². The average Bonchev–Trinajstić information content (AvgIpc) is 4.39. The minimum absolute atomic E-state index is 0.0990. The molecule has 2 N–H and O–H groups in total. The summed E-state index contributed by atoms with van der Waals surface area (Å²) in [6.45, 7) is 8.15. The van der Waals surface area contributed by atoms with E-state index in [1.807, 2.05) is 41.8 Å². The SMILES string of the molecule is O=C(O)[C@@H](CC1CC1)N1C[C@H](CN2CCC(CC3CCc4ccccc4S3(=O)=O)CC2)[C@@H](c2cccc(F)c2)C1.O=C(O)[C@@H](CC1CC1)N1C[C@H](CN2CCC(CC3CCc4ccsc4S3(=O)=O)CC2)[C@@H](c2cccc(F)c2)C1. The topological polar surface area (TPSA) is 156 Å². The largest absolute Gasteiger partial charge is 0.480 e. The van der Waals surface area contributed by atoms with E-state index in [0.29, 0.717) is 78.2 Å². The fourth-order valence-corrected chi connectivity index (χ4v) is 20.5. The van der Waals surface area contributed by atoms with Crippen LogP contribution in [0.4, 0.5) is 8.78 Å². The third kappa shape index (κ3) is 13.4. The van der Waals surface area contributed by atoms with Crippen molar-refractivity contribution in [2.75, 3.05) is 65.4 Å². The van der Waals surface area contributed by atoms with Gasteiger partial charge < -0.3 is 20.0 Å². The molecule has 4 saturated heterocycles. The van der Waals surface area contributed by atoms with Crippen molar-refractivity contribution in [2.45, 2.75) is 146 Å². The van der Waals surface area contributed by atoms with Gasteiger partial charge in [-0.1, -0.05) is 68.1 Å². The fourth-order valence-electron chi connectivity index (χ4n) is 14.8. The predicted octanol–water partition coefficient (Wildman–Crippen LogP) is 10.0. The first kappa shape index (κ1) is 56.7. The van der Waals surface area contributed by atoms with Crippen LogP contribution < -0.4 is 0 Å². The number of carbonyl (C=O) groups is 2. The van der Waals surface area contributed by atoms with Crippen molar-refractivity contribution < 1.29 is 45.4 Å². The molecule has 12 rings (SSSR count). The number of nitrogens with zero attached hydrogens (tertiary/aromatic N) is 4. The van der Waals surface area contributed by atoms with E-state index in [2.05, 4.69) is 19.6 Å². The molecular formula is C62H80F2N4O8S3. The number of aryl methyl sites for hydroxylation is 2. The lowest BCUT2D eigenvalue weighted by Crippen LogP contribution is -2.42. The van der Waals surface area contributed by atoms with Gasteiger partial charge in [-0.3, -0.25) is 19.4 Å². The molecule has 79 heavy (non-hydrogen) atoms. The van der Waals surface area contributed by atoms with Crippen molar-refractivity contribution in [2.24, 2.45) is 35.5 Å². The van der Waals surface area contributed by atoms with E-state index < -0.39 is 43.7 Å². The van der Waals surface area contributed by atoms with Gasteiger partial charge in [0.1, 0.15) is 27.9 Å². The summed E-state index contributed by atoms with van der Waals surface area (Å²) in [5.41, 5.74) is 3.87. The molecule has 17 heteroatoms. The zero-order valence-electron chi connectivity index (χ0n) is 45.5. The fraction of sp³-hybridized carbons (Fsp3) is 0.613. The molecule has 0 amide bonds. The molecular weight excluding hydrogens is 1060 g/mol. The average molecular weight is 1140 g/mol. The van der Waals surface area contributed by atoms with E-state index in [4.69, 9.17) is 0 Å². The molecule has 0 radical (unpaired) electrons. The summed E-state index contributed by atoms with van der Waals surface area (Å²) in [4.78, 5) is 34.1. The third-order valence-corrected chi connectivity index (χ3v) is 25.8. The molecule has 7 heterocycles. The van der Waals surface area contributed by atoms with Crippen LogP contribution >= 0.6 is 11.3 Å². The van der Waals surface area contributed by atoms with Gasteiger partial charge in [-0.15, -0.1) is 11.3 Å². The zero-order valence-corrected chi connectivity index (χ0v) is 48.0. The van der Waals surface area contributed by atoms with Gasteiger partial charge in [-0.05, 0) is 203 Å². The van der Waals surface area contributed by atoms with Crippen LogP contribution in [0, 0.1) is 47.1 Å². The highest BCUT2D eigenvalue weighted by molar-refractivity contribution is 7.94. The highest BCUT2D eigenvalue weighted by Crippen LogP contribution is 2.44. The summed E-state index contributed by atoms with van der Waals surface area (Å²) in [6.07, 6.45) is 14.5. The number of thiophene rings is 1. The van der Waals surface area contributed by atoms with E-state index in [9.17, 15) is 45.4 Å². The monoisotopic (exact) mass is 1140 g/mol. The van der Waals surface area contributed by atoms with Crippen LogP contribution in [0.2, 0.25) is 0 Å². The summed E-state index contributed by atoms with van der Waals surface area (Å²) in [5, 5.41) is 21.4. The van der Waals surface area contributed by atoms with Gasteiger partial charge >= 0.3 is 11.9 Å². The summed E-state index contributed by atoms with van der Waals surface area (Å²) < 4.78 is 81.8. The second kappa shape index (κ2) is 24.4. The lowest BCUT2D eigenvalue weighted by atomic mass is 9.86. The molecule has 4 aromatic rings. The van der Waals surface area contributed by atoms with Crippen LogP contribution in [-0.2, 0) is 42.1 Å². The normalized spacial score (nSPS) is 28.5. The van der Waals surface area contributed by atoms with Crippen LogP contribution in [0.15, 0.2) is 93.3 Å².